The topological polar surface area (TPSA) is 69.6 Å². The average molecular weight is 240 g/mol. The van der Waals surface area contributed by atoms with Gasteiger partial charge in [-0.2, -0.15) is 0 Å². The summed E-state index contributed by atoms with van der Waals surface area (Å²) >= 11 is 0. The quantitative estimate of drug-likeness (QED) is 0.686. The van der Waals surface area contributed by atoms with Crippen LogP contribution in [0.15, 0.2) is 11.1 Å². The highest BCUT2D eigenvalue weighted by atomic mass is 16.4. The van der Waals surface area contributed by atoms with Crippen LogP contribution in [0.1, 0.15) is 20.8 Å². The lowest BCUT2D eigenvalue weighted by Crippen LogP contribution is -2.42. The first-order valence-electron chi connectivity index (χ1n) is 5.82. The number of hydrogen-bond acceptors (Lipinski definition) is 3. The van der Waals surface area contributed by atoms with Gasteiger partial charge in [-0.25, -0.2) is 0 Å². The molecule has 2 N–H and O–H groups in total. The Morgan fingerprint density at radius 2 is 2.00 bits per heavy atom. The van der Waals surface area contributed by atoms with Gasteiger partial charge < -0.3 is 15.3 Å². The molecule has 1 rings (SSSR count). The molecule has 5 heteroatoms. The van der Waals surface area contributed by atoms with Crippen molar-refractivity contribution in [1.29, 1.82) is 0 Å². The van der Waals surface area contributed by atoms with Gasteiger partial charge in [0.15, 0.2) is 0 Å². The number of aliphatic carboxylic acids is 1. The Balaban J connectivity index is 2.74. The third kappa shape index (κ3) is 3.85. The van der Waals surface area contributed by atoms with Crippen molar-refractivity contribution in [3.63, 3.8) is 0 Å². The number of carbonyl (C=O) groups excluding carboxylic acids is 1. The molecule has 0 aromatic heterocycles. The molecule has 1 saturated heterocycles. The zero-order valence-corrected chi connectivity index (χ0v) is 10.6. The van der Waals surface area contributed by atoms with E-state index in [9.17, 15) is 9.59 Å². The summed E-state index contributed by atoms with van der Waals surface area (Å²) < 4.78 is 0. The molecule has 0 radical (unpaired) electrons. The van der Waals surface area contributed by atoms with Gasteiger partial charge in [-0.05, 0) is 18.4 Å². The first-order valence-corrected chi connectivity index (χ1v) is 5.82. The Morgan fingerprint density at radius 3 is 2.35 bits per heavy atom. The predicted octanol–water partition coefficient (Wildman–Crippen LogP) is 0.475. The van der Waals surface area contributed by atoms with Gasteiger partial charge in [0, 0.05) is 25.2 Å². The van der Waals surface area contributed by atoms with Crippen LogP contribution < -0.4 is 5.32 Å². The number of nitrogens with zero attached hydrogens (tertiary/aromatic N) is 1. The Bertz CT molecular complexity index is 342. The molecule has 0 saturated carbocycles. The third-order valence-electron chi connectivity index (χ3n) is 2.73. The van der Waals surface area contributed by atoms with Gasteiger partial charge in [0.2, 0.25) is 5.91 Å². The number of carbonyl (C=O) groups is 2. The molecule has 1 heterocycles. The van der Waals surface area contributed by atoms with Gasteiger partial charge in [-0.3, -0.25) is 9.59 Å². The summed E-state index contributed by atoms with van der Waals surface area (Å²) in [6, 6.07) is 0. The summed E-state index contributed by atoms with van der Waals surface area (Å²) in [4.78, 5) is 24.3. The van der Waals surface area contributed by atoms with E-state index >= 15 is 0 Å². The number of carboxylic acid groups (broad SMARTS) is 1. The summed E-state index contributed by atoms with van der Waals surface area (Å²) in [5.41, 5.74) is 1.76. The summed E-state index contributed by atoms with van der Waals surface area (Å²) in [7, 11) is 0. The first-order chi connectivity index (χ1) is 7.91. The standard InChI is InChI=1S/C12H20N2O3/c1-8(2)6-14(7-11(15)16)12(17)9(3)10-4-13-5-10/h8,13H,4-7H2,1-3H3,(H,15,16). The molecular weight excluding hydrogens is 220 g/mol. The molecule has 0 spiro atoms. The van der Waals surface area contributed by atoms with Crippen LogP contribution in [0, 0.1) is 5.92 Å². The van der Waals surface area contributed by atoms with E-state index in [2.05, 4.69) is 5.32 Å². The van der Waals surface area contributed by atoms with Gasteiger partial charge in [0.05, 0.1) is 0 Å². The highest BCUT2D eigenvalue weighted by molar-refractivity contribution is 5.95. The molecule has 1 amide bonds. The largest absolute Gasteiger partial charge is 0.480 e. The molecule has 1 fully saturated rings. The SMILES string of the molecule is CC(C(=O)N(CC(=O)O)CC(C)C)=C1CNC1. The van der Waals surface area contributed by atoms with Crippen LogP contribution in [0.4, 0.5) is 0 Å². The maximum Gasteiger partial charge on any atom is 0.323 e. The molecule has 0 atom stereocenters. The normalized spacial score (nSPS) is 14.5. The number of hydrogen-bond donors (Lipinski definition) is 2. The minimum atomic E-state index is -0.969. The highest BCUT2D eigenvalue weighted by Crippen LogP contribution is 2.13. The second-order valence-electron chi connectivity index (χ2n) is 4.81. The van der Waals surface area contributed by atoms with Crippen LogP contribution in [0.5, 0.6) is 0 Å². The number of nitrogens with one attached hydrogen (secondary N) is 1. The second kappa shape index (κ2) is 5.82. The Kier molecular flexibility index (Phi) is 4.69. The van der Waals surface area contributed by atoms with E-state index in [1.165, 1.54) is 4.90 Å². The van der Waals surface area contributed by atoms with Crippen molar-refractivity contribution in [2.45, 2.75) is 20.8 Å². The fourth-order valence-corrected chi connectivity index (χ4v) is 1.73. The van der Waals surface area contributed by atoms with Crippen LogP contribution in [0.3, 0.4) is 0 Å². The van der Waals surface area contributed by atoms with Crippen LogP contribution in [-0.4, -0.2) is 48.1 Å². The molecule has 96 valence electrons. The van der Waals surface area contributed by atoms with Gasteiger partial charge in [0.1, 0.15) is 6.54 Å². The minimum absolute atomic E-state index is 0.155. The Morgan fingerprint density at radius 1 is 1.41 bits per heavy atom. The Labute approximate surface area is 101 Å². The van der Waals surface area contributed by atoms with Crippen molar-refractivity contribution < 1.29 is 14.7 Å². The van der Waals surface area contributed by atoms with E-state index < -0.39 is 5.97 Å². The maximum atomic E-state index is 12.1. The van der Waals surface area contributed by atoms with E-state index in [-0.39, 0.29) is 18.4 Å². The van der Waals surface area contributed by atoms with Crippen molar-refractivity contribution in [1.82, 2.24) is 10.2 Å². The first kappa shape index (κ1) is 13.7. The predicted molar refractivity (Wildman–Crippen MR) is 64.6 cm³/mol. The maximum absolute atomic E-state index is 12.1. The van der Waals surface area contributed by atoms with E-state index in [4.69, 9.17) is 5.11 Å². The summed E-state index contributed by atoms with van der Waals surface area (Å²) in [5, 5.41) is 11.9. The van der Waals surface area contributed by atoms with Crippen molar-refractivity contribution in [3.8, 4) is 0 Å². The lowest BCUT2D eigenvalue weighted by Gasteiger charge is -2.27. The van der Waals surface area contributed by atoms with Gasteiger partial charge in [-0.15, -0.1) is 0 Å². The molecular formula is C12H20N2O3. The Hall–Kier alpha value is -1.36. The van der Waals surface area contributed by atoms with Crippen LogP contribution in [0.2, 0.25) is 0 Å². The molecule has 0 aliphatic carbocycles. The highest BCUT2D eigenvalue weighted by Gasteiger charge is 2.23. The summed E-state index contributed by atoms with van der Waals surface area (Å²) in [5.74, 6) is -0.864. The van der Waals surface area contributed by atoms with E-state index in [0.29, 0.717) is 12.1 Å². The zero-order valence-electron chi connectivity index (χ0n) is 10.6. The smallest absolute Gasteiger partial charge is 0.323 e. The molecule has 17 heavy (non-hydrogen) atoms. The van der Waals surface area contributed by atoms with Crippen molar-refractivity contribution in [2.75, 3.05) is 26.2 Å². The lowest BCUT2D eigenvalue weighted by molar-refractivity contribution is -0.143. The van der Waals surface area contributed by atoms with Crippen LogP contribution in [-0.2, 0) is 9.59 Å². The lowest BCUT2D eigenvalue weighted by atomic mass is 10.0. The average Bonchev–Trinajstić information content (AvgIpc) is 2.11. The van der Waals surface area contributed by atoms with E-state index in [0.717, 1.165) is 18.7 Å². The number of carboxylic acids is 1. The molecule has 0 unspecified atom stereocenters. The molecule has 5 nitrogen and oxygen atoms in total. The van der Waals surface area contributed by atoms with Gasteiger partial charge in [0.25, 0.3) is 0 Å². The fourth-order valence-electron chi connectivity index (χ4n) is 1.73. The number of rotatable bonds is 5. The molecule has 0 aromatic carbocycles. The van der Waals surface area contributed by atoms with Crippen molar-refractivity contribution >= 4 is 11.9 Å². The second-order valence-corrected chi connectivity index (χ2v) is 4.81. The molecule has 0 bridgehead atoms. The molecule has 1 aliphatic rings. The molecule has 1 aliphatic heterocycles. The monoisotopic (exact) mass is 240 g/mol. The summed E-state index contributed by atoms with van der Waals surface area (Å²) in [6.45, 7) is 7.43. The van der Waals surface area contributed by atoms with E-state index in [1.54, 1.807) is 6.92 Å². The van der Waals surface area contributed by atoms with Crippen LogP contribution in [0.25, 0.3) is 0 Å². The summed E-state index contributed by atoms with van der Waals surface area (Å²) in [6.07, 6.45) is 0. The minimum Gasteiger partial charge on any atom is -0.480 e. The van der Waals surface area contributed by atoms with Crippen molar-refractivity contribution in [3.05, 3.63) is 11.1 Å². The van der Waals surface area contributed by atoms with Crippen LogP contribution >= 0.6 is 0 Å². The fraction of sp³-hybridized carbons (Fsp3) is 0.667. The number of amides is 1. The third-order valence-corrected chi connectivity index (χ3v) is 2.73. The zero-order chi connectivity index (χ0) is 13.0. The molecule has 0 aromatic rings. The van der Waals surface area contributed by atoms with Gasteiger partial charge in [-0.1, -0.05) is 13.8 Å². The van der Waals surface area contributed by atoms with Crippen molar-refractivity contribution in [2.24, 2.45) is 5.92 Å². The van der Waals surface area contributed by atoms with Gasteiger partial charge >= 0.3 is 5.97 Å². The van der Waals surface area contributed by atoms with E-state index in [1.807, 2.05) is 13.8 Å².